The first-order valence-corrected chi connectivity index (χ1v) is 6.17. The van der Waals surface area contributed by atoms with Crippen molar-refractivity contribution in [3.63, 3.8) is 0 Å². The zero-order valence-corrected chi connectivity index (χ0v) is 9.75. The van der Waals surface area contributed by atoms with E-state index in [1.807, 2.05) is 6.26 Å². The Kier molecular flexibility index (Phi) is 3.47. The van der Waals surface area contributed by atoms with E-state index in [0.29, 0.717) is 12.1 Å². The maximum absolute atomic E-state index is 5.50. The zero-order valence-electron chi connectivity index (χ0n) is 9.75. The summed E-state index contributed by atoms with van der Waals surface area (Å²) in [5.74, 6) is 1.20. The van der Waals surface area contributed by atoms with Crippen molar-refractivity contribution < 1.29 is 4.42 Å². The summed E-state index contributed by atoms with van der Waals surface area (Å²) in [4.78, 5) is 0. The molecule has 0 unspecified atom stereocenters. The molecule has 1 N–H and O–H groups in total. The Bertz CT molecular complexity index is 301. The van der Waals surface area contributed by atoms with Crippen LogP contribution in [0, 0.1) is 0 Å². The number of furan rings is 1. The SMILES string of the molecule is CCC(CC)N[C@H]1CCCc2occc21. The minimum absolute atomic E-state index is 0.525. The highest BCUT2D eigenvalue weighted by Gasteiger charge is 2.23. The summed E-state index contributed by atoms with van der Waals surface area (Å²) in [5, 5.41) is 3.74. The molecule has 0 spiro atoms. The third kappa shape index (κ3) is 2.25. The van der Waals surface area contributed by atoms with Crippen LogP contribution >= 0.6 is 0 Å². The van der Waals surface area contributed by atoms with E-state index in [9.17, 15) is 0 Å². The zero-order chi connectivity index (χ0) is 10.7. The van der Waals surface area contributed by atoms with Gasteiger partial charge >= 0.3 is 0 Å². The second-order valence-electron chi connectivity index (χ2n) is 4.42. The molecule has 15 heavy (non-hydrogen) atoms. The Morgan fingerprint density at radius 3 is 3.00 bits per heavy atom. The number of hydrogen-bond donors (Lipinski definition) is 1. The van der Waals surface area contributed by atoms with Crippen molar-refractivity contribution in [3.8, 4) is 0 Å². The second-order valence-corrected chi connectivity index (χ2v) is 4.42. The molecule has 0 amide bonds. The predicted octanol–water partition coefficient (Wildman–Crippen LogP) is 3.44. The van der Waals surface area contributed by atoms with Gasteiger partial charge in [-0.15, -0.1) is 0 Å². The molecule has 0 saturated heterocycles. The van der Waals surface area contributed by atoms with E-state index < -0.39 is 0 Å². The number of rotatable bonds is 4. The fraction of sp³-hybridized carbons (Fsp3) is 0.692. The van der Waals surface area contributed by atoms with Crippen molar-refractivity contribution in [2.24, 2.45) is 0 Å². The lowest BCUT2D eigenvalue weighted by molar-refractivity contribution is 0.361. The van der Waals surface area contributed by atoms with E-state index in [0.717, 1.165) is 6.42 Å². The van der Waals surface area contributed by atoms with Crippen LogP contribution in [-0.4, -0.2) is 6.04 Å². The van der Waals surface area contributed by atoms with Gasteiger partial charge in [0.05, 0.1) is 6.26 Å². The van der Waals surface area contributed by atoms with Crippen molar-refractivity contribution in [2.45, 2.75) is 58.0 Å². The molecular weight excluding hydrogens is 186 g/mol. The lowest BCUT2D eigenvalue weighted by Crippen LogP contribution is -2.33. The topological polar surface area (TPSA) is 25.2 Å². The van der Waals surface area contributed by atoms with Crippen LogP contribution in [0.1, 0.15) is 56.9 Å². The summed E-state index contributed by atoms with van der Waals surface area (Å²) >= 11 is 0. The molecule has 0 aliphatic heterocycles. The van der Waals surface area contributed by atoms with Gasteiger partial charge in [-0.2, -0.15) is 0 Å². The molecule has 1 aromatic heterocycles. The Labute approximate surface area is 92.1 Å². The Hall–Kier alpha value is -0.760. The first-order chi connectivity index (χ1) is 7.35. The molecule has 1 aromatic rings. The van der Waals surface area contributed by atoms with E-state index in [-0.39, 0.29) is 0 Å². The molecule has 1 atom stereocenters. The summed E-state index contributed by atoms with van der Waals surface area (Å²) in [6, 6.07) is 3.31. The molecule has 1 aliphatic rings. The van der Waals surface area contributed by atoms with Crippen LogP contribution < -0.4 is 5.32 Å². The third-order valence-corrected chi connectivity index (χ3v) is 3.47. The van der Waals surface area contributed by atoms with Gasteiger partial charge in [0, 0.05) is 24.1 Å². The van der Waals surface area contributed by atoms with Gasteiger partial charge in [0.1, 0.15) is 5.76 Å². The molecule has 2 heteroatoms. The summed E-state index contributed by atoms with van der Waals surface area (Å²) in [6.07, 6.45) is 7.86. The first kappa shape index (κ1) is 10.7. The lowest BCUT2D eigenvalue weighted by atomic mass is 9.92. The normalized spacial score (nSPS) is 20.6. The van der Waals surface area contributed by atoms with Gasteiger partial charge in [-0.25, -0.2) is 0 Å². The van der Waals surface area contributed by atoms with Crippen molar-refractivity contribution in [1.82, 2.24) is 5.32 Å². The Balaban J connectivity index is 2.06. The number of fused-ring (bicyclic) bond motifs is 1. The molecule has 1 aliphatic carbocycles. The van der Waals surface area contributed by atoms with E-state index >= 15 is 0 Å². The van der Waals surface area contributed by atoms with E-state index in [1.54, 1.807) is 0 Å². The van der Waals surface area contributed by atoms with Crippen molar-refractivity contribution in [1.29, 1.82) is 0 Å². The van der Waals surface area contributed by atoms with Crippen LogP contribution in [-0.2, 0) is 6.42 Å². The second kappa shape index (κ2) is 4.84. The highest BCUT2D eigenvalue weighted by atomic mass is 16.3. The number of aryl methyl sites for hydroxylation is 1. The number of nitrogens with one attached hydrogen (secondary N) is 1. The summed E-state index contributed by atoms with van der Waals surface area (Å²) in [5.41, 5.74) is 1.40. The van der Waals surface area contributed by atoms with E-state index in [4.69, 9.17) is 4.42 Å². The van der Waals surface area contributed by atoms with Crippen molar-refractivity contribution in [3.05, 3.63) is 23.7 Å². The molecule has 2 nitrogen and oxygen atoms in total. The summed E-state index contributed by atoms with van der Waals surface area (Å²) in [7, 11) is 0. The van der Waals surface area contributed by atoms with Gasteiger partial charge in [0.15, 0.2) is 0 Å². The molecule has 2 rings (SSSR count). The lowest BCUT2D eigenvalue weighted by Gasteiger charge is -2.27. The largest absolute Gasteiger partial charge is 0.469 e. The van der Waals surface area contributed by atoms with Crippen LogP contribution in [0.2, 0.25) is 0 Å². The first-order valence-electron chi connectivity index (χ1n) is 6.17. The van der Waals surface area contributed by atoms with Gasteiger partial charge in [-0.1, -0.05) is 13.8 Å². The minimum atomic E-state index is 0.525. The predicted molar refractivity (Wildman–Crippen MR) is 61.9 cm³/mol. The molecule has 0 fully saturated rings. The highest BCUT2D eigenvalue weighted by Crippen LogP contribution is 2.31. The Morgan fingerprint density at radius 2 is 2.27 bits per heavy atom. The van der Waals surface area contributed by atoms with Gasteiger partial charge in [-0.3, -0.25) is 0 Å². The molecule has 0 radical (unpaired) electrons. The van der Waals surface area contributed by atoms with Gasteiger partial charge < -0.3 is 9.73 Å². The molecule has 0 bridgehead atoms. The van der Waals surface area contributed by atoms with Crippen molar-refractivity contribution in [2.75, 3.05) is 0 Å². The van der Waals surface area contributed by atoms with Crippen LogP contribution in [0.15, 0.2) is 16.7 Å². The van der Waals surface area contributed by atoms with Crippen LogP contribution in [0.4, 0.5) is 0 Å². The molecule has 1 heterocycles. The maximum atomic E-state index is 5.50. The minimum Gasteiger partial charge on any atom is -0.469 e. The molecular formula is C13H21NO. The van der Waals surface area contributed by atoms with E-state index in [1.165, 1.54) is 37.0 Å². The Morgan fingerprint density at radius 1 is 1.47 bits per heavy atom. The van der Waals surface area contributed by atoms with Crippen LogP contribution in [0.25, 0.3) is 0 Å². The average molecular weight is 207 g/mol. The molecule has 0 aromatic carbocycles. The number of hydrogen-bond acceptors (Lipinski definition) is 2. The average Bonchev–Trinajstić information content (AvgIpc) is 2.74. The summed E-state index contributed by atoms with van der Waals surface area (Å²) < 4.78 is 5.50. The third-order valence-electron chi connectivity index (χ3n) is 3.47. The molecule has 84 valence electrons. The quantitative estimate of drug-likeness (QED) is 0.818. The standard InChI is InChI=1S/C13H21NO/c1-3-10(4-2)14-12-6-5-7-13-11(12)8-9-15-13/h8-10,12,14H,3-7H2,1-2H3/t12-/m0/s1. The monoisotopic (exact) mass is 207 g/mol. The van der Waals surface area contributed by atoms with Gasteiger partial charge in [-0.05, 0) is 31.7 Å². The fourth-order valence-electron chi connectivity index (χ4n) is 2.47. The van der Waals surface area contributed by atoms with Gasteiger partial charge in [0.25, 0.3) is 0 Å². The van der Waals surface area contributed by atoms with Crippen LogP contribution in [0.5, 0.6) is 0 Å². The fourth-order valence-corrected chi connectivity index (χ4v) is 2.47. The molecule has 0 saturated carbocycles. The van der Waals surface area contributed by atoms with E-state index in [2.05, 4.69) is 25.2 Å². The summed E-state index contributed by atoms with van der Waals surface area (Å²) in [6.45, 7) is 4.50. The smallest absolute Gasteiger partial charge is 0.108 e. The maximum Gasteiger partial charge on any atom is 0.108 e. The van der Waals surface area contributed by atoms with Crippen molar-refractivity contribution >= 4 is 0 Å². The van der Waals surface area contributed by atoms with Gasteiger partial charge in [0.2, 0.25) is 0 Å². The van der Waals surface area contributed by atoms with Crippen LogP contribution in [0.3, 0.4) is 0 Å². The highest BCUT2D eigenvalue weighted by molar-refractivity contribution is 5.24.